The lowest BCUT2D eigenvalue weighted by Gasteiger charge is -2.18. The average molecular weight is 227 g/mol. The largest absolute Gasteiger partial charge is 0.378 e. The third kappa shape index (κ3) is 4.16. The van der Waals surface area contributed by atoms with Gasteiger partial charge in [0.05, 0.1) is 12.2 Å². The lowest BCUT2D eigenvalue weighted by molar-refractivity contribution is -0.126. The molecule has 1 N–H and O–H groups in total. The predicted molar refractivity (Wildman–Crippen MR) is 61.9 cm³/mol. The van der Waals surface area contributed by atoms with Crippen molar-refractivity contribution in [1.29, 1.82) is 0 Å². The molecule has 0 heterocycles. The molecule has 0 amide bonds. The van der Waals surface area contributed by atoms with Crippen LogP contribution in [-0.4, -0.2) is 26.0 Å². The Labute approximate surface area is 95.6 Å². The van der Waals surface area contributed by atoms with Gasteiger partial charge in [-0.1, -0.05) is 12.1 Å². The number of benzene rings is 1. The van der Waals surface area contributed by atoms with Gasteiger partial charge in [-0.25, -0.2) is 4.39 Å². The molecule has 0 aliphatic heterocycles. The van der Waals surface area contributed by atoms with Crippen molar-refractivity contribution in [1.82, 2.24) is 0 Å². The number of halogens is 1. The summed E-state index contributed by atoms with van der Waals surface area (Å²) in [6, 6.07) is 6.54. The van der Waals surface area contributed by atoms with Crippen LogP contribution in [0.1, 0.15) is 13.8 Å². The van der Waals surface area contributed by atoms with Gasteiger partial charge in [0.2, 0.25) is 0 Å². The normalized spacial score (nSPS) is 10.8. The second kappa shape index (κ2) is 7.19. The minimum Gasteiger partial charge on any atom is -0.378 e. The molecule has 1 aromatic rings. The number of para-hydroxylation sites is 1. The Morgan fingerprint density at radius 1 is 1.19 bits per heavy atom. The Balaban J connectivity index is 2.45. The van der Waals surface area contributed by atoms with Crippen molar-refractivity contribution < 1.29 is 13.9 Å². The van der Waals surface area contributed by atoms with Crippen LogP contribution in [0.5, 0.6) is 0 Å². The first-order valence-electron chi connectivity index (χ1n) is 5.49. The van der Waals surface area contributed by atoms with Crippen molar-refractivity contribution in [3.05, 3.63) is 30.1 Å². The van der Waals surface area contributed by atoms with Crippen LogP contribution in [0.4, 0.5) is 10.1 Å². The minimum atomic E-state index is -0.338. The topological polar surface area (TPSA) is 30.5 Å². The summed E-state index contributed by atoms with van der Waals surface area (Å²) in [6.07, 6.45) is -0.338. The molecule has 0 saturated carbocycles. The maximum Gasteiger partial charge on any atom is 0.174 e. The fourth-order valence-electron chi connectivity index (χ4n) is 1.34. The Hall–Kier alpha value is -1.13. The summed E-state index contributed by atoms with van der Waals surface area (Å²) in [5.74, 6) is -0.269. The molecule has 0 aromatic heterocycles. The van der Waals surface area contributed by atoms with Gasteiger partial charge in [-0.05, 0) is 26.0 Å². The first-order valence-corrected chi connectivity index (χ1v) is 5.49. The van der Waals surface area contributed by atoms with E-state index in [-0.39, 0.29) is 12.1 Å². The number of rotatable bonds is 7. The van der Waals surface area contributed by atoms with E-state index in [1.54, 1.807) is 18.2 Å². The van der Waals surface area contributed by atoms with Crippen molar-refractivity contribution in [3.63, 3.8) is 0 Å². The highest BCUT2D eigenvalue weighted by atomic mass is 19.1. The van der Waals surface area contributed by atoms with E-state index in [4.69, 9.17) is 9.47 Å². The fourth-order valence-corrected chi connectivity index (χ4v) is 1.34. The summed E-state index contributed by atoms with van der Waals surface area (Å²) >= 11 is 0. The molecule has 1 rings (SSSR count). The fraction of sp³-hybridized carbons (Fsp3) is 0.500. The lowest BCUT2D eigenvalue weighted by atomic mass is 10.3. The molecule has 16 heavy (non-hydrogen) atoms. The van der Waals surface area contributed by atoms with Crippen molar-refractivity contribution >= 4 is 5.69 Å². The van der Waals surface area contributed by atoms with Crippen molar-refractivity contribution in [2.24, 2.45) is 0 Å². The molecule has 90 valence electrons. The minimum absolute atomic E-state index is 0.269. The van der Waals surface area contributed by atoms with Gasteiger partial charge in [-0.3, -0.25) is 0 Å². The molecular formula is C12H18FNO2. The van der Waals surface area contributed by atoms with Crippen LogP contribution in [0, 0.1) is 5.82 Å². The summed E-state index contributed by atoms with van der Waals surface area (Å²) < 4.78 is 23.9. The van der Waals surface area contributed by atoms with E-state index in [9.17, 15) is 4.39 Å². The van der Waals surface area contributed by atoms with Crippen LogP contribution in [0.3, 0.4) is 0 Å². The van der Waals surface area contributed by atoms with E-state index in [0.717, 1.165) is 0 Å². The first kappa shape index (κ1) is 12.9. The maximum absolute atomic E-state index is 13.3. The Morgan fingerprint density at radius 2 is 1.81 bits per heavy atom. The summed E-state index contributed by atoms with van der Waals surface area (Å²) in [7, 11) is 0. The molecule has 0 fully saturated rings. The number of anilines is 1. The van der Waals surface area contributed by atoms with Gasteiger partial charge >= 0.3 is 0 Å². The Bertz CT molecular complexity index is 301. The number of hydrogen-bond donors (Lipinski definition) is 1. The number of ether oxygens (including phenoxy) is 2. The molecule has 0 atom stereocenters. The highest BCUT2D eigenvalue weighted by molar-refractivity contribution is 5.44. The second-order valence-electron chi connectivity index (χ2n) is 3.20. The SMILES string of the molecule is CCOC(CNc1ccccc1F)OCC. The van der Waals surface area contributed by atoms with E-state index < -0.39 is 0 Å². The Morgan fingerprint density at radius 3 is 2.38 bits per heavy atom. The zero-order chi connectivity index (χ0) is 11.8. The highest BCUT2D eigenvalue weighted by Gasteiger charge is 2.08. The molecule has 1 aromatic carbocycles. The average Bonchev–Trinajstić information content (AvgIpc) is 2.28. The molecule has 3 nitrogen and oxygen atoms in total. The van der Waals surface area contributed by atoms with Crippen LogP contribution in [0.25, 0.3) is 0 Å². The standard InChI is InChI=1S/C12H18FNO2/c1-3-15-12(16-4-2)9-14-11-8-6-5-7-10(11)13/h5-8,12,14H,3-4,9H2,1-2H3. The predicted octanol–water partition coefficient (Wildman–Crippen LogP) is 2.64. The van der Waals surface area contributed by atoms with Gasteiger partial charge in [0, 0.05) is 13.2 Å². The smallest absolute Gasteiger partial charge is 0.174 e. The maximum atomic E-state index is 13.3. The lowest BCUT2D eigenvalue weighted by Crippen LogP contribution is -2.26. The molecule has 0 aliphatic carbocycles. The van der Waals surface area contributed by atoms with Crippen LogP contribution >= 0.6 is 0 Å². The second-order valence-corrected chi connectivity index (χ2v) is 3.20. The van der Waals surface area contributed by atoms with Gasteiger partial charge in [-0.2, -0.15) is 0 Å². The van der Waals surface area contributed by atoms with Gasteiger partial charge in [0.25, 0.3) is 0 Å². The molecule has 0 spiro atoms. The van der Waals surface area contributed by atoms with Crippen LogP contribution in [-0.2, 0) is 9.47 Å². The van der Waals surface area contributed by atoms with E-state index in [0.29, 0.717) is 25.4 Å². The highest BCUT2D eigenvalue weighted by Crippen LogP contribution is 2.12. The van der Waals surface area contributed by atoms with Gasteiger partial charge in [-0.15, -0.1) is 0 Å². The third-order valence-electron chi connectivity index (χ3n) is 2.04. The summed E-state index contributed by atoms with van der Waals surface area (Å²) in [6.45, 7) is 5.38. The van der Waals surface area contributed by atoms with Gasteiger partial charge in [0.15, 0.2) is 6.29 Å². The molecular weight excluding hydrogens is 209 g/mol. The molecule has 0 bridgehead atoms. The van der Waals surface area contributed by atoms with Crippen LogP contribution < -0.4 is 5.32 Å². The first-order chi connectivity index (χ1) is 7.77. The molecule has 0 saturated heterocycles. The van der Waals surface area contributed by atoms with Crippen molar-refractivity contribution in [2.75, 3.05) is 25.1 Å². The van der Waals surface area contributed by atoms with E-state index in [1.807, 2.05) is 13.8 Å². The van der Waals surface area contributed by atoms with Crippen LogP contribution in [0.15, 0.2) is 24.3 Å². The quantitative estimate of drug-likeness (QED) is 0.726. The van der Waals surface area contributed by atoms with Crippen molar-refractivity contribution in [2.45, 2.75) is 20.1 Å². The monoisotopic (exact) mass is 227 g/mol. The summed E-state index contributed by atoms with van der Waals surface area (Å²) in [5.41, 5.74) is 0.465. The molecule has 0 aliphatic rings. The van der Waals surface area contributed by atoms with Gasteiger partial charge in [0.1, 0.15) is 5.82 Å². The number of hydrogen-bond acceptors (Lipinski definition) is 3. The van der Waals surface area contributed by atoms with E-state index in [2.05, 4.69) is 5.32 Å². The number of nitrogens with one attached hydrogen (secondary N) is 1. The summed E-state index contributed by atoms with van der Waals surface area (Å²) in [5, 5.41) is 2.96. The van der Waals surface area contributed by atoms with Gasteiger partial charge < -0.3 is 14.8 Å². The third-order valence-corrected chi connectivity index (χ3v) is 2.04. The molecule has 4 heteroatoms. The van der Waals surface area contributed by atoms with Crippen molar-refractivity contribution in [3.8, 4) is 0 Å². The van der Waals surface area contributed by atoms with E-state index >= 15 is 0 Å². The zero-order valence-corrected chi connectivity index (χ0v) is 9.70. The zero-order valence-electron chi connectivity index (χ0n) is 9.70. The molecule has 0 unspecified atom stereocenters. The van der Waals surface area contributed by atoms with E-state index in [1.165, 1.54) is 6.07 Å². The Kier molecular flexibility index (Phi) is 5.82. The summed E-state index contributed by atoms with van der Waals surface area (Å²) in [4.78, 5) is 0. The van der Waals surface area contributed by atoms with Crippen LogP contribution in [0.2, 0.25) is 0 Å². The molecule has 0 radical (unpaired) electrons.